The van der Waals surface area contributed by atoms with Crippen molar-refractivity contribution in [3.8, 4) is 6.07 Å². The molecule has 1 aliphatic rings. The molecular weight excluding hydrogens is 202 g/mol. The Labute approximate surface area is 84.8 Å². The fourth-order valence-corrected chi connectivity index (χ4v) is 3.15. The summed E-state index contributed by atoms with van der Waals surface area (Å²) < 4.78 is 27.5. The van der Waals surface area contributed by atoms with E-state index in [0.29, 0.717) is 25.9 Å². The molecule has 5 heteroatoms. The average molecular weight is 217 g/mol. The zero-order chi connectivity index (χ0) is 10.8. The number of rotatable bonds is 3. The molecule has 0 amide bonds. The van der Waals surface area contributed by atoms with Gasteiger partial charge < -0.3 is 4.74 Å². The second-order valence-corrected chi connectivity index (χ2v) is 6.35. The number of hydrogen-bond donors (Lipinski definition) is 0. The highest BCUT2D eigenvalue weighted by atomic mass is 32.2. The highest BCUT2D eigenvalue weighted by Gasteiger charge is 2.43. The fraction of sp³-hybridized carbons (Fsp3) is 0.889. The Morgan fingerprint density at radius 3 is 2.64 bits per heavy atom. The molecule has 0 radical (unpaired) electrons. The number of hydrogen-bond acceptors (Lipinski definition) is 4. The van der Waals surface area contributed by atoms with Gasteiger partial charge in [-0.15, -0.1) is 0 Å². The van der Waals surface area contributed by atoms with Crippen LogP contribution in [0, 0.1) is 16.7 Å². The Morgan fingerprint density at radius 2 is 2.29 bits per heavy atom. The molecule has 4 nitrogen and oxygen atoms in total. The molecule has 14 heavy (non-hydrogen) atoms. The van der Waals surface area contributed by atoms with Gasteiger partial charge in [0.15, 0.2) is 0 Å². The highest BCUT2D eigenvalue weighted by molar-refractivity contribution is 7.91. The standard InChI is InChI=1S/C9H15NO3S/c1-13-7-9(6-10)4-3-8(5-9)14(2,11)12/h8H,3-5,7H2,1-2H3/t8-,9-/m1/s1. The molecule has 1 saturated carbocycles. The lowest BCUT2D eigenvalue weighted by molar-refractivity contribution is 0.120. The molecule has 0 bridgehead atoms. The number of nitriles is 1. The van der Waals surface area contributed by atoms with Gasteiger partial charge in [0, 0.05) is 13.4 Å². The number of methoxy groups -OCH3 is 1. The molecule has 0 heterocycles. The topological polar surface area (TPSA) is 67.2 Å². The van der Waals surface area contributed by atoms with Crippen molar-refractivity contribution < 1.29 is 13.2 Å². The molecule has 0 saturated heterocycles. The molecule has 0 spiro atoms. The van der Waals surface area contributed by atoms with E-state index in [2.05, 4.69) is 6.07 Å². The summed E-state index contributed by atoms with van der Waals surface area (Å²) in [4.78, 5) is 0. The van der Waals surface area contributed by atoms with Gasteiger partial charge in [0.25, 0.3) is 0 Å². The van der Waals surface area contributed by atoms with Crippen LogP contribution in [0.25, 0.3) is 0 Å². The van der Waals surface area contributed by atoms with E-state index < -0.39 is 15.3 Å². The molecule has 0 unspecified atom stereocenters. The summed E-state index contributed by atoms with van der Waals surface area (Å²) in [5.74, 6) is 0. The molecule has 0 aromatic rings. The molecule has 0 aromatic heterocycles. The van der Waals surface area contributed by atoms with Crippen LogP contribution in [0.3, 0.4) is 0 Å². The molecular formula is C9H15NO3S. The maximum absolute atomic E-state index is 11.3. The molecule has 0 aliphatic heterocycles. The number of ether oxygens (including phenoxy) is 1. The predicted octanol–water partition coefficient (Wildman–Crippen LogP) is 0.740. The van der Waals surface area contributed by atoms with Crippen molar-refractivity contribution in [3.05, 3.63) is 0 Å². The largest absolute Gasteiger partial charge is 0.383 e. The third-order valence-electron chi connectivity index (χ3n) is 2.83. The van der Waals surface area contributed by atoms with Crippen molar-refractivity contribution >= 4 is 9.84 Å². The second-order valence-electron chi connectivity index (χ2n) is 4.02. The van der Waals surface area contributed by atoms with E-state index in [1.807, 2.05) is 0 Å². The smallest absolute Gasteiger partial charge is 0.150 e. The van der Waals surface area contributed by atoms with Gasteiger partial charge in [-0.25, -0.2) is 8.42 Å². The van der Waals surface area contributed by atoms with Crippen LogP contribution in [-0.2, 0) is 14.6 Å². The van der Waals surface area contributed by atoms with Gasteiger partial charge in [-0.3, -0.25) is 0 Å². The van der Waals surface area contributed by atoms with Crippen molar-refractivity contribution in [1.82, 2.24) is 0 Å². The lowest BCUT2D eigenvalue weighted by Gasteiger charge is -2.18. The highest BCUT2D eigenvalue weighted by Crippen LogP contribution is 2.40. The van der Waals surface area contributed by atoms with Crippen LogP contribution < -0.4 is 0 Å². The first-order chi connectivity index (χ1) is 6.43. The zero-order valence-corrected chi connectivity index (χ0v) is 9.30. The lowest BCUT2D eigenvalue weighted by atomic mass is 9.89. The summed E-state index contributed by atoms with van der Waals surface area (Å²) >= 11 is 0. The number of sulfone groups is 1. The summed E-state index contributed by atoms with van der Waals surface area (Å²) in [6.07, 6.45) is 2.85. The summed E-state index contributed by atoms with van der Waals surface area (Å²) in [5, 5.41) is 8.64. The van der Waals surface area contributed by atoms with Crippen molar-refractivity contribution in [2.45, 2.75) is 24.5 Å². The van der Waals surface area contributed by atoms with E-state index >= 15 is 0 Å². The van der Waals surface area contributed by atoms with Gasteiger partial charge in [0.05, 0.1) is 23.3 Å². The zero-order valence-electron chi connectivity index (χ0n) is 8.49. The maximum atomic E-state index is 11.3. The van der Waals surface area contributed by atoms with Gasteiger partial charge in [0.2, 0.25) is 0 Å². The third kappa shape index (κ3) is 2.25. The van der Waals surface area contributed by atoms with E-state index in [4.69, 9.17) is 10.00 Å². The van der Waals surface area contributed by atoms with Gasteiger partial charge in [-0.1, -0.05) is 0 Å². The van der Waals surface area contributed by atoms with Crippen LogP contribution >= 0.6 is 0 Å². The SMILES string of the molecule is COC[C@]1(C#N)CC[C@@H](S(C)(=O)=O)C1. The van der Waals surface area contributed by atoms with Gasteiger partial charge in [-0.2, -0.15) is 5.26 Å². The number of nitrogens with zero attached hydrogens (tertiary/aromatic N) is 1. The second kappa shape index (κ2) is 3.87. The van der Waals surface area contributed by atoms with Crippen molar-refractivity contribution in [3.63, 3.8) is 0 Å². The van der Waals surface area contributed by atoms with Crippen molar-refractivity contribution in [2.24, 2.45) is 5.41 Å². The fourth-order valence-electron chi connectivity index (χ4n) is 1.98. The minimum atomic E-state index is -3.01. The normalized spacial score (nSPS) is 32.8. The van der Waals surface area contributed by atoms with Gasteiger partial charge in [0.1, 0.15) is 9.84 Å². The monoisotopic (exact) mass is 217 g/mol. The molecule has 0 N–H and O–H groups in total. The molecule has 1 fully saturated rings. The Balaban J connectivity index is 2.77. The Morgan fingerprint density at radius 1 is 1.64 bits per heavy atom. The minimum Gasteiger partial charge on any atom is -0.383 e. The van der Waals surface area contributed by atoms with E-state index in [-0.39, 0.29) is 5.25 Å². The maximum Gasteiger partial charge on any atom is 0.150 e. The summed E-state index contributed by atoms with van der Waals surface area (Å²) in [5.41, 5.74) is -0.581. The van der Waals surface area contributed by atoms with Gasteiger partial charge >= 0.3 is 0 Å². The van der Waals surface area contributed by atoms with Crippen LogP contribution in [0.4, 0.5) is 0 Å². The molecule has 1 rings (SSSR count). The Hall–Kier alpha value is -0.600. The van der Waals surface area contributed by atoms with Crippen LogP contribution in [0.1, 0.15) is 19.3 Å². The minimum absolute atomic E-state index is 0.329. The first-order valence-electron chi connectivity index (χ1n) is 4.52. The summed E-state index contributed by atoms with van der Waals surface area (Å²) in [6.45, 7) is 0.329. The summed E-state index contributed by atoms with van der Waals surface area (Å²) in [7, 11) is -1.47. The predicted molar refractivity (Wildman–Crippen MR) is 52.4 cm³/mol. The van der Waals surface area contributed by atoms with Crippen LogP contribution in [0.5, 0.6) is 0 Å². The van der Waals surface area contributed by atoms with Crippen LogP contribution in [0.2, 0.25) is 0 Å². The Bertz CT molecular complexity index is 344. The summed E-state index contributed by atoms with van der Waals surface area (Å²) in [6, 6.07) is 2.19. The van der Waals surface area contributed by atoms with E-state index in [0.717, 1.165) is 0 Å². The average Bonchev–Trinajstić information content (AvgIpc) is 2.50. The molecule has 2 atom stereocenters. The van der Waals surface area contributed by atoms with Crippen molar-refractivity contribution in [2.75, 3.05) is 20.0 Å². The van der Waals surface area contributed by atoms with E-state index in [1.54, 1.807) is 0 Å². The first kappa shape index (κ1) is 11.5. The third-order valence-corrected chi connectivity index (χ3v) is 4.44. The van der Waals surface area contributed by atoms with E-state index in [1.165, 1.54) is 13.4 Å². The van der Waals surface area contributed by atoms with Crippen molar-refractivity contribution in [1.29, 1.82) is 5.26 Å². The Kier molecular flexibility index (Phi) is 3.17. The quantitative estimate of drug-likeness (QED) is 0.699. The van der Waals surface area contributed by atoms with E-state index in [9.17, 15) is 8.42 Å². The molecule has 1 aliphatic carbocycles. The first-order valence-corrected chi connectivity index (χ1v) is 6.48. The molecule has 0 aromatic carbocycles. The van der Waals surface area contributed by atoms with Crippen LogP contribution in [-0.4, -0.2) is 33.6 Å². The van der Waals surface area contributed by atoms with Crippen LogP contribution in [0.15, 0.2) is 0 Å². The molecule has 80 valence electrons. The lowest BCUT2D eigenvalue weighted by Crippen LogP contribution is -2.24. The van der Waals surface area contributed by atoms with Gasteiger partial charge in [-0.05, 0) is 19.3 Å².